The van der Waals surface area contributed by atoms with Crippen LogP contribution in [0.15, 0.2) is 116 Å². The minimum atomic E-state index is 0.869. The van der Waals surface area contributed by atoms with Gasteiger partial charge in [-0.05, 0) is 77.9 Å². The van der Waals surface area contributed by atoms with Gasteiger partial charge in [0.2, 0.25) is 0 Å². The number of halogens is 2. The molecule has 0 fully saturated rings. The van der Waals surface area contributed by atoms with Gasteiger partial charge in [-0.15, -0.1) is 0 Å². The lowest BCUT2D eigenvalue weighted by Gasteiger charge is -2.05. The number of hydrogen-bond acceptors (Lipinski definition) is 3. The van der Waals surface area contributed by atoms with E-state index in [4.69, 9.17) is 0 Å². The molecule has 0 atom stereocenters. The number of rotatable bonds is 5. The van der Waals surface area contributed by atoms with Crippen LogP contribution in [-0.4, -0.2) is 22.0 Å². The van der Waals surface area contributed by atoms with E-state index in [2.05, 4.69) is 69.6 Å². The first-order chi connectivity index (χ1) is 16.1. The van der Waals surface area contributed by atoms with Crippen LogP contribution in [0.1, 0.15) is 11.1 Å². The fourth-order valence-electron chi connectivity index (χ4n) is 3.38. The number of aliphatic imine (C=N–C) groups is 2. The van der Waals surface area contributed by atoms with Gasteiger partial charge in [-0.25, -0.2) is 4.98 Å². The third-order valence-corrected chi connectivity index (χ3v) is 6.18. The molecule has 0 unspecified atom stereocenters. The van der Waals surface area contributed by atoms with Gasteiger partial charge in [-0.2, -0.15) is 0 Å². The van der Waals surface area contributed by atoms with Crippen LogP contribution < -0.4 is 0 Å². The molecule has 1 heterocycles. The highest BCUT2D eigenvalue weighted by Crippen LogP contribution is 2.24. The molecule has 0 spiro atoms. The van der Waals surface area contributed by atoms with Crippen molar-refractivity contribution >= 4 is 66.7 Å². The number of benzene rings is 4. The molecule has 0 aliphatic heterocycles. The molecule has 4 aromatic carbocycles. The normalized spacial score (nSPS) is 11.7. The molecule has 5 rings (SSSR count). The van der Waals surface area contributed by atoms with Crippen molar-refractivity contribution < 1.29 is 0 Å². The highest BCUT2D eigenvalue weighted by molar-refractivity contribution is 9.10. The molecule has 0 radical (unpaired) electrons. The predicted molar refractivity (Wildman–Crippen MR) is 144 cm³/mol. The van der Waals surface area contributed by atoms with Crippen molar-refractivity contribution in [1.29, 1.82) is 0 Å². The van der Waals surface area contributed by atoms with Gasteiger partial charge in [0.1, 0.15) is 6.33 Å². The number of aromatic nitrogens is 2. The van der Waals surface area contributed by atoms with Gasteiger partial charge in [-0.3, -0.25) is 14.6 Å². The Labute approximate surface area is 208 Å². The molecule has 0 saturated carbocycles. The van der Waals surface area contributed by atoms with E-state index in [1.807, 2.05) is 91.6 Å². The molecular weight excluding hydrogens is 540 g/mol. The molecule has 0 aliphatic carbocycles. The summed E-state index contributed by atoms with van der Waals surface area (Å²) in [4.78, 5) is 13.7. The maximum Gasteiger partial charge on any atom is 0.100 e. The van der Waals surface area contributed by atoms with Crippen molar-refractivity contribution in [3.05, 3.63) is 117 Å². The summed E-state index contributed by atoms with van der Waals surface area (Å²) in [6.45, 7) is 0. The summed E-state index contributed by atoms with van der Waals surface area (Å²) in [5, 5.41) is 0. The Balaban J connectivity index is 1.34. The second-order valence-corrected chi connectivity index (χ2v) is 9.25. The smallest absolute Gasteiger partial charge is 0.100 e. The Morgan fingerprint density at radius 2 is 1.18 bits per heavy atom. The molecule has 4 nitrogen and oxygen atoms in total. The van der Waals surface area contributed by atoms with Crippen LogP contribution in [0.5, 0.6) is 0 Å². The van der Waals surface area contributed by atoms with E-state index in [9.17, 15) is 0 Å². The third kappa shape index (κ3) is 5.18. The van der Waals surface area contributed by atoms with Gasteiger partial charge in [0.25, 0.3) is 0 Å². The Hall–Kier alpha value is -3.35. The molecule has 33 heavy (non-hydrogen) atoms. The van der Waals surface area contributed by atoms with E-state index in [1.165, 1.54) is 0 Å². The van der Waals surface area contributed by atoms with Crippen molar-refractivity contribution in [2.45, 2.75) is 0 Å². The fourth-order valence-corrected chi connectivity index (χ4v) is 3.91. The monoisotopic (exact) mass is 556 g/mol. The molecular formula is C27H18Br2N4. The summed E-state index contributed by atoms with van der Waals surface area (Å²) >= 11 is 6.90. The van der Waals surface area contributed by atoms with Crippen molar-refractivity contribution in [1.82, 2.24) is 9.55 Å². The van der Waals surface area contributed by atoms with Gasteiger partial charge < -0.3 is 0 Å². The van der Waals surface area contributed by atoms with Gasteiger partial charge >= 0.3 is 0 Å². The first kappa shape index (κ1) is 21.5. The zero-order valence-electron chi connectivity index (χ0n) is 17.4. The SMILES string of the molecule is Brc1ccc(C=Nc2ccc(-n3cnc4cc(N=Cc5ccc(Br)cc5)ccc43)cc2)cc1. The van der Waals surface area contributed by atoms with E-state index < -0.39 is 0 Å². The van der Waals surface area contributed by atoms with Gasteiger partial charge in [0.05, 0.1) is 22.4 Å². The molecule has 0 saturated heterocycles. The standard InChI is InChI=1S/C27H18Br2N4/c28-21-5-1-19(2-6-21)16-30-23-9-12-25(13-10-23)33-18-32-26-15-24(11-14-27(26)33)31-17-20-3-7-22(29)8-4-20/h1-18H. The molecule has 160 valence electrons. The van der Waals surface area contributed by atoms with Crippen LogP contribution in [0.4, 0.5) is 11.4 Å². The lowest BCUT2D eigenvalue weighted by Crippen LogP contribution is -1.90. The Bertz CT molecular complexity index is 1450. The lowest BCUT2D eigenvalue weighted by molar-refractivity contribution is 1.09. The number of nitrogens with zero attached hydrogens (tertiary/aromatic N) is 4. The van der Waals surface area contributed by atoms with Gasteiger partial charge in [0.15, 0.2) is 0 Å². The summed E-state index contributed by atoms with van der Waals surface area (Å²) < 4.78 is 4.18. The Kier molecular flexibility index (Phi) is 6.28. The van der Waals surface area contributed by atoms with E-state index in [1.54, 1.807) is 0 Å². The largest absolute Gasteiger partial charge is 0.299 e. The van der Waals surface area contributed by atoms with Crippen LogP contribution >= 0.6 is 31.9 Å². The lowest BCUT2D eigenvalue weighted by atomic mass is 10.2. The number of imidazole rings is 1. The van der Waals surface area contributed by atoms with Crippen molar-refractivity contribution in [3.8, 4) is 5.69 Å². The first-order valence-corrected chi connectivity index (χ1v) is 11.9. The molecule has 6 heteroatoms. The van der Waals surface area contributed by atoms with E-state index in [0.717, 1.165) is 48.2 Å². The molecule has 0 N–H and O–H groups in total. The minimum absolute atomic E-state index is 0.869. The highest BCUT2D eigenvalue weighted by atomic mass is 79.9. The second-order valence-electron chi connectivity index (χ2n) is 7.42. The summed E-state index contributed by atoms with van der Waals surface area (Å²) in [6, 6.07) is 30.3. The Morgan fingerprint density at radius 1 is 0.636 bits per heavy atom. The van der Waals surface area contributed by atoms with E-state index in [0.29, 0.717) is 0 Å². The highest BCUT2D eigenvalue weighted by Gasteiger charge is 2.05. The average molecular weight is 558 g/mol. The van der Waals surface area contributed by atoms with E-state index >= 15 is 0 Å². The number of fused-ring (bicyclic) bond motifs is 1. The van der Waals surface area contributed by atoms with Crippen molar-refractivity contribution in [2.24, 2.45) is 9.98 Å². The molecule has 1 aromatic heterocycles. The van der Waals surface area contributed by atoms with Crippen LogP contribution in [0.25, 0.3) is 16.7 Å². The molecule has 5 aromatic rings. The average Bonchev–Trinajstić information content (AvgIpc) is 3.27. The predicted octanol–water partition coefficient (Wildman–Crippen LogP) is 8.05. The summed E-state index contributed by atoms with van der Waals surface area (Å²) in [6.07, 6.45) is 5.56. The van der Waals surface area contributed by atoms with Gasteiger partial charge in [0, 0.05) is 27.1 Å². The van der Waals surface area contributed by atoms with Crippen molar-refractivity contribution in [2.75, 3.05) is 0 Å². The zero-order valence-corrected chi connectivity index (χ0v) is 20.6. The minimum Gasteiger partial charge on any atom is -0.299 e. The molecule has 0 bridgehead atoms. The summed E-state index contributed by atoms with van der Waals surface area (Å²) in [5.74, 6) is 0. The first-order valence-electron chi connectivity index (χ1n) is 10.3. The van der Waals surface area contributed by atoms with Crippen molar-refractivity contribution in [3.63, 3.8) is 0 Å². The van der Waals surface area contributed by atoms with Crippen LogP contribution in [0.2, 0.25) is 0 Å². The van der Waals surface area contributed by atoms with Crippen LogP contribution in [-0.2, 0) is 0 Å². The molecule has 0 amide bonds. The van der Waals surface area contributed by atoms with Gasteiger partial charge in [-0.1, -0.05) is 56.1 Å². The fraction of sp³-hybridized carbons (Fsp3) is 0. The maximum absolute atomic E-state index is 4.59. The van der Waals surface area contributed by atoms with Crippen LogP contribution in [0, 0.1) is 0 Å². The van der Waals surface area contributed by atoms with Crippen LogP contribution in [0.3, 0.4) is 0 Å². The quantitative estimate of drug-likeness (QED) is 0.201. The molecule has 0 aliphatic rings. The topological polar surface area (TPSA) is 42.5 Å². The summed E-state index contributed by atoms with van der Waals surface area (Å²) in [7, 11) is 0. The maximum atomic E-state index is 4.59. The summed E-state index contributed by atoms with van der Waals surface area (Å²) in [5.41, 5.74) is 6.84. The third-order valence-electron chi connectivity index (χ3n) is 5.12. The van der Waals surface area contributed by atoms with E-state index in [-0.39, 0.29) is 0 Å². The Morgan fingerprint density at radius 3 is 1.79 bits per heavy atom. The number of hydrogen-bond donors (Lipinski definition) is 0. The zero-order chi connectivity index (χ0) is 22.6. The second kappa shape index (κ2) is 9.65.